The number of nitrogens with one attached hydrogen (secondary N) is 3. The highest BCUT2D eigenvalue weighted by atomic mass is 32.1. The highest BCUT2D eigenvalue weighted by molar-refractivity contribution is 7.80. The Morgan fingerprint density at radius 1 is 1.37 bits per heavy atom. The number of thiocarbonyl (C=S) groups is 1. The molecular weight excluding hydrogens is 384 g/mol. The van der Waals surface area contributed by atoms with Gasteiger partial charge in [-0.05, 0) is 49.3 Å². The third kappa shape index (κ3) is 6.44. The van der Waals surface area contributed by atoms with Crippen LogP contribution in [0.1, 0.15) is 29.4 Å². The maximum atomic E-state index is 12.7. The standard InChI is InChI=1S/C18H28N4O3S2/c1-3-19-18(26)22-9-6-13(7-10-22)15(17(24)20-8-11-25-2)21-16(23)14-5-4-12-27-14/h4-5,12-13,15H,3,6-11H2,1-2H3,(H,19,26)(H,20,24)(H,21,23). The number of hydrogen-bond donors (Lipinski definition) is 3. The molecule has 2 heterocycles. The van der Waals surface area contributed by atoms with Crippen LogP contribution >= 0.6 is 23.6 Å². The van der Waals surface area contributed by atoms with Crippen LogP contribution in [0.15, 0.2) is 17.5 Å². The van der Waals surface area contributed by atoms with Crippen LogP contribution in [-0.4, -0.2) is 67.8 Å². The van der Waals surface area contributed by atoms with E-state index in [4.69, 9.17) is 17.0 Å². The summed E-state index contributed by atoms with van der Waals surface area (Å²) < 4.78 is 4.99. The third-order valence-corrected chi connectivity index (χ3v) is 5.82. The van der Waals surface area contributed by atoms with Crippen LogP contribution < -0.4 is 16.0 Å². The van der Waals surface area contributed by atoms with Crippen LogP contribution in [0.25, 0.3) is 0 Å². The molecular formula is C18H28N4O3S2. The van der Waals surface area contributed by atoms with Gasteiger partial charge in [0.1, 0.15) is 6.04 Å². The second-order valence-electron chi connectivity index (χ2n) is 6.37. The second-order valence-corrected chi connectivity index (χ2v) is 7.71. The molecule has 0 radical (unpaired) electrons. The lowest BCUT2D eigenvalue weighted by Gasteiger charge is -2.37. The summed E-state index contributed by atoms with van der Waals surface area (Å²) in [6, 6.07) is 3.02. The van der Waals surface area contributed by atoms with Gasteiger partial charge in [0.2, 0.25) is 5.91 Å². The van der Waals surface area contributed by atoms with E-state index in [1.807, 2.05) is 18.4 Å². The van der Waals surface area contributed by atoms with Gasteiger partial charge in [-0.2, -0.15) is 0 Å². The van der Waals surface area contributed by atoms with E-state index in [0.29, 0.717) is 18.0 Å². The number of thiophene rings is 1. The first-order valence-corrected chi connectivity index (χ1v) is 10.5. The molecule has 0 bridgehead atoms. The first-order chi connectivity index (χ1) is 13.1. The number of ether oxygens (including phenoxy) is 1. The summed E-state index contributed by atoms with van der Waals surface area (Å²) >= 11 is 6.74. The van der Waals surface area contributed by atoms with Crippen LogP contribution in [0, 0.1) is 5.92 Å². The fourth-order valence-corrected chi connectivity index (χ4v) is 4.06. The Morgan fingerprint density at radius 3 is 2.70 bits per heavy atom. The fourth-order valence-electron chi connectivity index (χ4n) is 3.10. The van der Waals surface area contributed by atoms with Gasteiger partial charge in [-0.1, -0.05) is 6.07 Å². The van der Waals surface area contributed by atoms with Crippen LogP contribution in [0.3, 0.4) is 0 Å². The van der Waals surface area contributed by atoms with Crippen molar-refractivity contribution >= 4 is 40.5 Å². The number of amides is 2. The number of likely N-dealkylation sites (tertiary alicyclic amines) is 1. The molecule has 1 atom stereocenters. The van der Waals surface area contributed by atoms with E-state index >= 15 is 0 Å². The topological polar surface area (TPSA) is 82.7 Å². The lowest BCUT2D eigenvalue weighted by molar-refractivity contribution is -0.124. The molecule has 0 spiro atoms. The van der Waals surface area contributed by atoms with E-state index < -0.39 is 6.04 Å². The molecule has 3 N–H and O–H groups in total. The van der Waals surface area contributed by atoms with Gasteiger partial charge in [-0.3, -0.25) is 9.59 Å². The molecule has 2 rings (SSSR count). The summed E-state index contributed by atoms with van der Waals surface area (Å²) in [5.41, 5.74) is 0. The highest BCUT2D eigenvalue weighted by Gasteiger charge is 2.33. The Morgan fingerprint density at radius 2 is 2.11 bits per heavy atom. The monoisotopic (exact) mass is 412 g/mol. The Kier molecular flexibility index (Phi) is 8.96. The average molecular weight is 413 g/mol. The maximum absolute atomic E-state index is 12.7. The molecule has 1 fully saturated rings. The van der Waals surface area contributed by atoms with Crippen molar-refractivity contribution in [2.24, 2.45) is 5.92 Å². The number of piperidine rings is 1. The van der Waals surface area contributed by atoms with Crippen molar-refractivity contribution in [1.29, 1.82) is 0 Å². The van der Waals surface area contributed by atoms with Gasteiger partial charge < -0.3 is 25.6 Å². The van der Waals surface area contributed by atoms with Gasteiger partial charge in [0.15, 0.2) is 5.11 Å². The molecule has 1 aliphatic heterocycles. The minimum absolute atomic E-state index is 0.0668. The van der Waals surface area contributed by atoms with Gasteiger partial charge in [0.25, 0.3) is 5.91 Å². The van der Waals surface area contributed by atoms with Crippen molar-refractivity contribution in [2.45, 2.75) is 25.8 Å². The zero-order valence-corrected chi connectivity index (χ0v) is 17.5. The summed E-state index contributed by atoms with van der Waals surface area (Å²) in [5.74, 6) is -0.302. The predicted molar refractivity (Wildman–Crippen MR) is 111 cm³/mol. The van der Waals surface area contributed by atoms with E-state index in [1.165, 1.54) is 11.3 Å². The molecule has 27 heavy (non-hydrogen) atoms. The van der Waals surface area contributed by atoms with E-state index in [2.05, 4.69) is 20.9 Å². The molecule has 0 aromatic carbocycles. The molecule has 1 saturated heterocycles. The van der Waals surface area contributed by atoms with E-state index in [1.54, 1.807) is 13.2 Å². The van der Waals surface area contributed by atoms with E-state index in [0.717, 1.165) is 37.6 Å². The number of hydrogen-bond acceptors (Lipinski definition) is 5. The van der Waals surface area contributed by atoms with Crippen LogP contribution in [0.2, 0.25) is 0 Å². The zero-order valence-electron chi connectivity index (χ0n) is 15.8. The zero-order chi connectivity index (χ0) is 19.6. The molecule has 1 aromatic rings. The predicted octanol–water partition coefficient (Wildman–Crippen LogP) is 1.22. The molecule has 1 aromatic heterocycles. The van der Waals surface area contributed by atoms with Gasteiger partial charge in [-0.25, -0.2) is 0 Å². The molecule has 1 aliphatic rings. The molecule has 1 unspecified atom stereocenters. The Hall–Kier alpha value is -1.71. The van der Waals surface area contributed by atoms with Crippen LogP contribution in [-0.2, 0) is 9.53 Å². The first kappa shape index (κ1) is 21.6. The SMILES string of the molecule is CCNC(=S)N1CCC(C(NC(=O)c2cccs2)C(=O)NCCOC)CC1. The fraction of sp³-hybridized carbons (Fsp3) is 0.611. The number of carbonyl (C=O) groups is 2. The Labute approximate surface area is 169 Å². The van der Waals surface area contributed by atoms with Gasteiger partial charge in [0, 0.05) is 33.3 Å². The summed E-state index contributed by atoms with van der Waals surface area (Å²) in [5, 5.41) is 11.6. The summed E-state index contributed by atoms with van der Waals surface area (Å²) in [6.07, 6.45) is 1.58. The number of nitrogens with zero attached hydrogens (tertiary/aromatic N) is 1. The van der Waals surface area contributed by atoms with Crippen molar-refractivity contribution in [2.75, 3.05) is 39.9 Å². The van der Waals surface area contributed by atoms with E-state index in [-0.39, 0.29) is 17.7 Å². The first-order valence-electron chi connectivity index (χ1n) is 9.20. The minimum atomic E-state index is -0.564. The molecule has 2 amide bonds. The quantitative estimate of drug-likeness (QED) is 0.440. The van der Waals surface area contributed by atoms with Gasteiger partial charge in [0.05, 0.1) is 11.5 Å². The number of methoxy groups -OCH3 is 1. The van der Waals surface area contributed by atoms with Crippen molar-refractivity contribution < 1.29 is 14.3 Å². The van der Waals surface area contributed by atoms with Gasteiger partial charge >= 0.3 is 0 Å². The summed E-state index contributed by atoms with van der Waals surface area (Å²) in [7, 11) is 1.59. The van der Waals surface area contributed by atoms with Crippen molar-refractivity contribution in [3.05, 3.63) is 22.4 Å². The Bertz CT molecular complexity index is 616. The number of carbonyl (C=O) groups excluding carboxylic acids is 2. The number of rotatable bonds is 8. The maximum Gasteiger partial charge on any atom is 0.262 e. The molecule has 0 saturated carbocycles. The van der Waals surface area contributed by atoms with Crippen molar-refractivity contribution in [3.8, 4) is 0 Å². The second kappa shape index (κ2) is 11.2. The average Bonchev–Trinajstić information content (AvgIpc) is 3.21. The lowest BCUT2D eigenvalue weighted by atomic mass is 9.88. The molecule has 7 nitrogen and oxygen atoms in total. The van der Waals surface area contributed by atoms with Crippen LogP contribution in [0.5, 0.6) is 0 Å². The van der Waals surface area contributed by atoms with Crippen molar-refractivity contribution in [1.82, 2.24) is 20.9 Å². The third-order valence-electron chi connectivity index (χ3n) is 4.55. The largest absolute Gasteiger partial charge is 0.383 e. The molecule has 0 aliphatic carbocycles. The van der Waals surface area contributed by atoms with Crippen molar-refractivity contribution in [3.63, 3.8) is 0 Å². The minimum Gasteiger partial charge on any atom is -0.383 e. The molecule has 150 valence electrons. The highest BCUT2D eigenvalue weighted by Crippen LogP contribution is 2.22. The van der Waals surface area contributed by atoms with Gasteiger partial charge in [-0.15, -0.1) is 11.3 Å². The normalized spacial score (nSPS) is 15.9. The van der Waals surface area contributed by atoms with Crippen LogP contribution in [0.4, 0.5) is 0 Å². The molecule has 9 heteroatoms. The Balaban J connectivity index is 2.00. The van der Waals surface area contributed by atoms with E-state index in [9.17, 15) is 9.59 Å². The summed E-state index contributed by atoms with van der Waals surface area (Å²) in [6.45, 7) is 5.21. The lowest BCUT2D eigenvalue weighted by Crippen LogP contribution is -2.54. The summed E-state index contributed by atoms with van der Waals surface area (Å²) in [4.78, 5) is 27.9. The smallest absolute Gasteiger partial charge is 0.262 e.